The summed E-state index contributed by atoms with van der Waals surface area (Å²) in [5, 5.41) is 3.09. The minimum Gasteiger partial charge on any atom is -0.337 e. The van der Waals surface area contributed by atoms with Gasteiger partial charge in [0.1, 0.15) is 0 Å². The average molecular weight is 312 g/mol. The van der Waals surface area contributed by atoms with E-state index < -0.39 is 0 Å². The fraction of sp³-hybridized carbons (Fsp3) is 0.923. The molecule has 2 rings (SSSR count). The predicted octanol–water partition coefficient (Wildman–Crippen LogP) is 1.38. The van der Waals surface area contributed by atoms with Crippen molar-refractivity contribution in [3.05, 3.63) is 0 Å². The molecule has 0 aliphatic carbocycles. The van der Waals surface area contributed by atoms with Crippen molar-refractivity contribution in [1.82, 2.24) is 15.1 Å². The topological polar surface area (TPSA) is 35.6 Å². The Kier molecular flexibility index (Phi) is 8.29. The SMILES string of the molecule is CNCC(C)C(=O)N1CC2CCCN2CC1C.Cl.Cl. The highest BCUT2D eigenvalue weighted by atomic mass is 35.5. The van der Waals surface area contributed by atoms with Crippen molar-refractivity contribution >= 4 is 30.7 Å². The van der Waals surface area contributed by atoms with Crippen LogP contribution in [0.2, 0.25) is 0 Å². The summed E-state index contributed by atoms with van der Waals surface area (Å²) < 4.78 is 0. The van der Waals surface area contributed by atoms with Crippen LogP contribution in [0, 0.1) is 5.92 Å². The molecule has 0 aromatic rings. The molecule has 2 aliphatic rings. The lowest BCUT2D eigenvalue weighted by Crippen LogP contribution is -2.58. The van der Waals surface area contributed by atoms with E-state index in [-0.39, 0.29) is 30.7 Å². The molecule has 0 spiro atoms. The zero-order chi connectivity index (χ0) is 12.4. The van der Waals surface area contributed by atoms with Crippen LogP contribution in [0.15, 0.2) is 0 Å². The first-order chi connectivity index (χ1) is 8.13. The van der Waals surface area contributed by atoms with E-state index in [0.717, 1.165) is 19.6 Å². The molecule has 2 heterocycles. The van der Waals surface area contributed by atoms with Crippen molar-refractivity contribution in [3.63, 3.8) is 0 Å². The maximum absolute atomic E-state index is 12.4. The van der Waals surface area contributed by atoms with E-state index in [1.165, 1.54) is 19.4 Å². The Morgan fingerprint density at radius 2 is 2.05 bits per heavy atom. The first-order valence-corrected chi connectivity index (χ1v) is 6.82. The zero-order valence-corrected chi connectivity index (χ0v) is 13.7. The Balaban J connectivity index is 0.00000162. The molecular weight excluding hydrogens is 285 g/mol. The first kappa shape index (κ1) is 19.0. The molecule has 2 fully saturated rings. The number of carbonyl (C=O) groups excluding carboxylic acids is 1. The van der Waals surface area contributed by atoms with Crippen molar-refractivity contribution in [2.24, 2.45) is 5.92 Å². The van der Waals surface area contributed by atoms with Gasteiger partial charge in [-0.05, 0) is 33.4 Å². The number of halogens is 2. The highest BCUT2D eigenvalue weighted by Crippen LogP contribution is 2.25. The van der Waals surface area contributed by atoms with Crippen LogP contribution in [0.3, 0.4) is 0 Å². The van der Waals surface area contributed by atoms with Gasteiger partial charge >= 0.3 is 0 Å². The molecule has 19 heavy (non-hydrogen) atoms. The molecule has 2 aliphatic heterocycles. The molecule has 0 bridgehead atoms. The molecular formula is C13H27Cl2N3O. The Hall–Kier alpha value is -0.0300. The van der Waals surface area contributed by atoms with Gasteiger partial charge in [0.05, 0.1) is 0 Å². The maximum Gasteiger partial charge on any atom is 0.227 e. The smallest absolute Gasteiger partial charge is 0.227 e. The quantitative estimate of drug-likeness (QED) is 0.855. The second-order valence-corrected chi connectivity index (χ2v) is 5.59. The van der Waals surface area contributed by atoms with Gasteiger partial charge in [-0.1, -0.05) is 6.92 Å². The standard InChI is InChI=1S/C13H25N3O.2ClH/c1-10(7-14-3)13(17)16-9-12-5-4-6-15(12)8-11(16)2;;/h10-12,14H,4-9H2,1-3H3;2*1H. The van der Waals surface area contributed by atoms with Crippen molar-refractivity contribution in [2.45, 2.75) is 38.8 Å². The lowest BCUT2D eigenvalue weighted by Gasteiger charge is -2.43. The zero-order valence-electron chi connectivity index (χ0n) is 12.1. The number of nitrogens with zero attached hydrogens (tertiary/aromatic N) is 2. The van der Waals surface area contributed by atoms with Gasteiger partial charge in [-0.2, -0.15) is 0 Å². The third kappa shape index (κ3) is 4.22. The van der Waals surface area contributed by atoms with E-state index in [9.17, 15) is 4.79 Å². The third-order valence-electron chi connectivity index (χ3n) is 4.15. The van der Waals surface area contributed by atoms with Crippen LogP contribution in [-0.4, -0.2) is 61.0 Å². The largest absolute Gasteiger partial charge is 0.337 e. The van der Waals surface area contributed by atoms with Gasteiger partial charge in [-0.3, -0.25) is 9.69 Å². The molecule has 6 heteroatoms. The van der Waals surface area contributed by atoms with E-state index in [1.54, 1.807) is 0 Å². The van der Waals surface area contributed by atoms with Gasteiger partial charge in [0, 0.05) is 37.6 Å². The normalized spacial score (nSPS) is 28.1. The van der Waals surface area contributed by atoms with Gasteiger partial charge in [0.2, 0.25) is 5.91 Å². The monoisotopic (exact) mass is 311 g/mol. The molecule has 1 amide bonds. The number of amides is 1. The van der Waals surface area contributed by atoms with E-state index in [1.807, 2.05) is 14.0 Å². The second-order valence-electron chi connectivity index (χ2n) is 5.59. The average Bonchev–Trinajstić information content (AvgIpc) is 2.74. The van der Waals surface area contributed by atoms with Crippen molar-refractivity contribution in [2.75, 3.05) is 33.2 Å². The molecule has 0 saturated carbocycles. The minimum atomic E-state index is 0. The van der Waals surface area contributed by atoms with Gasteiger partial charge < -0.3 is 10.2 Å². The predicted molar refractivity (Wildman–Crippen MR) is 83.4 cm³/mol. The summed E-state index contributed by atoms with van der Waals surface area (Å²) in [6.45, 7) is 8.20. The van der Waals surface area contributed by atoms with Crippen LogP contribution in [0.5, 0.6) is 0 Å². The van der Waals surface area contributed by atoms with E-state index in [2.05, 4.69) is 22.0 Å². The van der Waals surface area contributed by atoms with E-state index in [4.69, 9.17) is 0 Å². The van der Waals surface area contributed by atoms with E-state index >= 15 is 0 Å². The molecule has 2 saturated heterocycles. The Morgan fingerprint density at radius 1 is 1.37 bits per heavy atom. The summed E-state index contributed by atoms with van der Waals surface area (Å²) >= 11 is 0. The molecule has 114 valence electrons. The Labute approximate surface area is 129 Å². The highest BCUT2D eigenvalue weighted by Gasteiger charge is 2.37. The maximum atomic E-state index is 12.4. The Bertz CT molecular complexity index is 291. The molecule has 0 aromatic heterocycles. The van der Waals surface area contributed by atoms with Gasteiger partial charge in [0.15, 0.2) is 0 Å². The number of rotatable bonds is 3. The van der Waals surface area contributed by atoms with E-state index in [0.29, 0.717) is 18.0 Å². The summed E-state index contributed by atoms with van der Waals surface area (Å²) in [6, 6.07) is 0.994. The number of fused-ring (bicyclic) bond motifs is 1. The van der Waals surface area contributed by atoms with Crippen LogP contribution in [0.4, 0.5) is 0 Å². The number of carbonyl (C=O) groups is 1. The van der Waals surface area contributed by atoms with Crippen molar-refractivity contribution in [3.8, 4) is 0 Å². The first-order valence-electron chi connectivity index (χ1n) is 6.82. The number of hydrogen-bond donors (Lipinski definition) is 1. The van der Waals surface area contributed by atoms with Gasteiger partial charge in [-0.25, -0.2) is 0 Å². The summed E-state index contributed by atoms with van der Waals surface area (Å²) in [6.07, 6.45) is 2.56. The van der Waals surface area contributed by atoms with Crippen LogP contribution < -0.4 is 5.32 Å². The lowest BCUT2D eigenvalue weighted by molar-refractivity contribution is -0.140. The number of piperazine rings is 1. The molecule has 3 atom stereocenters. The molecule has 4 nitrogen and oxygen atoms in total. The van der Waals surface area contributed by atoms with Crippen LogP contribution >= 0.6 is 24.8 Å². The summed E-state index contributed by atoms with van der Waals surface area (Å²) in [5.74, 6) is 0.411. The van der Waals surface area contributed by atoms with Crippen molar-refractivity contribution in [1.29, 1.82) is 0 Å². The Morgan fingerprint density at radius 3 is 2.68 bits per heavy atom. The summed E-state index contributed by atoms with van der Waals surface area (Å²) in [4.78, 5) is 17.0. The van der Waals surface area contributed by atoms with Crippen LogP contribution in [-0.2, 0) is 4.79 Å². The fourth-order valence-electron chi connectivity index (χ4n) is 3.17. The van der Waals surface area contributed by atoms with Gasteiger partial charge in [-0.15, -0.1) is 24.8 Å². The minimum absolute atomic E-state index is 0. The number of nitrogens with one attached hydrogen (secondary N) is 1. The van der Waals surface area contributed by atoms with Crippen LogP contribution in [0.25, 0.3) is 0 Å². The van der Waals surface area contributed by atoms with Crippen molar-refractivity contribution < 1.29 is 4.79 Å². The molecule has 1 N–H and O–H groups in total. The van der Waals surface area contributed by atoms with Gasteiger partial charge in [0.25, 0.3) is 0 Å². The summed E-state index contributed by atoms with van der Waals surface area (Å²) in [7, 11) is 1.90. The fourth-order valence-corrected chi connectivity index (χ4v) is 3.17. The number of hydrogen-bond acceptors (Lipinski definition) is 3. The lowest BCUT2D eigenvalue weighted by atomic mass is 10.0. The summed E-state index contributed by atoms with van der Waals surface area (Å²) in [5.41, 5.74) is 0. The molecule has 0 radical (unpaired) electrons. The molecule has 3 unspecified atom stereocenters. The second kappa shape index (κ2) is 8.30. The third-order valence-corrected chi connectivity index (χ3v) is 4.15. The highest BCUT2D eigenvalue weighted by molar-refractivity contribution is 5.85. The van der Waals surface area contributed by atoms with Crippen LogP contribution in [0.1, 0.15) is 26.7 Å². The molecule has 0 aromatic carbocycles.